The van der Waals surface area contributed by atoms with Crippen LogP contribution in [0.5, 0.6) is 0 Å². The van der Waals surface area contributed by atoms with Crippen LogP contribution in [0.1, 0.15) is 5.56 Å². The van der Waals surface area contributed by atoms with E-state index in [0.717, 1.165) is 5.32 Å². The van der Waals surface area contributed by atoms with Gasteiger partial charge in [0, 0.05) is 10.5 Å². The average molecular weight is 381 g/mol. The number of nitro groups is 1. The zero-order chi connectivity index (χ0) is 16.6. The van der Waals surface area contributed by atoms with Crippen molar-refractivity contribution in [1.82, 2.24) is 0 Å². The molecule has 0 radical (unpaired) electrons. The van der Waals surface area contributed by atoms with Crippen molar-refractivity contribution in [3.05, 3.63) is 32.3 Å². The molecule has 0 aliphatic heterocycles. The van der Waals surface area contributed by atoms with Crippen molar-refractivity contribution in [1.29, 1.82) is 0 Å². The first-order chi connectivity index (χ1) is 9.34. The quantitative estimate of drug-likeness (QED) is 0.480. The van der Waals surface area contributed by atoms with Gasteiger partial charge in [-0.3, -0.25) is 14.9 Å². The number of carbonyl (C=O) groups is 1. The standard InChI is InChI=1S/C9H3BrF6N2O3/c10-4-2-6(18(20)21)5(1-3(4)8(11,12)13)17-7(19)9(14,15)16/h1-2H,(H,17,19). The highest BCUT2D eigenvalue weighted by Gasteiger charge is 2.41. The predicted molar refractivity (Wildman–Crippen MR) is 60.5 cm³/mol. The summed E-state index contributed by atoms with van der Waals surface area (Å²) in [5.74, 6) is -2.62. The lowest BCUT2D eigenvalue weighted by atomic mass is 10.1. The second kappa shape index (κ2) is 5.50. The molecule has 1 aromatic carbocycles. The van der Waals surface area contributed by atoms with Gasteiger partial charge in [-0.15, -0.1) is 0 Å². The number of carbonyl (C=O) groups excluding carboxylic acids is 1. The van der Waals surface area contributed by atoms with Crippen molar-refractivity contribution in [2.75, 3.05) is 5.32 Å². The van der Waals surface area contributed by atoms with E-state index in [4.69, 9.17) is 0 Å². The zero-order valence-electron chi connectivity index (χ0n) is 9.47. The van der Waals surface area contributed by atoms with Gasteiger partial charge in [0.2, 0.25) is 0 Å². The number of halogens is 7. The summed E-state index contributed by atoms with van der Waals surface area (Å²) in [6, 6.07) is 0.403. The topological polar surface area (TPSA) is 72.2 Å². The number of rotatable bonds is 2. The molecule has 12 heteroatoms. The summed E-state index contributed by atoms with van der Waals surface area (Å²) in [6.45, 7) is 0. The molecule has 0 fully saturated rings. The molecular formula is C9H3BrF6N2O3. The van der Waals surface area contributed by atoms with Gasteiger partial charge in [-0.2, -0.15) is 26.3 Å². The molecule has 0 saturated carbocycles. The fourth-order valence-corrected chi connectivity index (χ4v) is 1.78. The molecule has 1 amide bonds. The monoisotopic (exact) mass is 380 g/mol. The Morgan fingerprint density at radius 3 is 2.10 bits per heavy atom. The molecule has 0 aliphatic carbocycles. The van der Waals surface area contributed by atoms with E-state index in [-0.39, 0.29) is 6.07 Å². The highest BCUT2D eigenvalue weighted by Crippen LogP contribution is 2.40. The molecule has 116 valence electrons. The fourth-order valence-electron chi connectivity index (χ4n) is 1.22. The number of benzene rings is 1. The lowest BCUT2D eigenvalue weighted by molar-refractivity contribution is -0.384. The Morgan fingerprint density at radius 2 is 1.71 bits per heavy atom. The van der Waals surface area contributed by atoms with Gasteiger partial charge in [-0.1, -0.05) is 0 Å². The maximum absolute atomic E-state index is 12.6. The van der Waals surface area contributed by atoms with E-state index in [1.165, 1.54) is 0 Å². The van der Waals surface area contributed by atoms with Crippen molar-refractivity contribution in [3.63, 3.8) is 0 Å². The first-order valence-electron chi connectivity index (χ1n) is 4.77. The number of alkyl halides is 6. The van der Waals surface area contributed by atoms with Gasteiger partial charge >= 0.3 is 18.3 Å². The number of amides is 1. The van der Waals surface area contributed by atoms with Crippen molar-refractivity contribution < 1.29 is 36.1 Å². The van der Waals surface area contributed by atoms with E-state index in [1.807, 2.05) is 0 Å². The smallest absolute Gasteiger partial charge is 0.312 e. The molecule has 1 aromatic rings. The summed E-state index contributed by atoms with van der Waals surface area (Å²) in [4.78, 5) is 20.1. The minimum absolute atomic E-state index is 0.0475. The zero-order valence-corrected chi connectivity index (χ0v) is 11.1. The number of anilines is 1. The normalized spacial score (nSPS) is 12.1. The summed E-state index contributed by atoms with van der Waals surface area (Å²) in [7, 11) is 0. The van der Waals surface area contributed by atoms with E-state index in [0.29, 0.717) is 6.07 Å². The minimum atomic E-state index is -5.40. The number of nitrogens with zero attached hydrogens (tertiary/aromatic N) is 1. The molecule has 0 spiro atoms. The maximum Gasteiger partial charge on any atom is 0.471 e. The lowest BCUT2D eigenvalue weighted by Crippen LogP contribution is -2.30. The van der Waals surface area contributed by atoms with Crippen LogP contribution in [-0.2, 0) is 11.0 Å². The van der Waals surface area contributed by atoms with E-state index >= 15 is 0 Å². The first kappa shape index (κ1) is 17.2. The van der Waals surface area contributed by atoms with Gasteiger partial charge in [0.25, 0.3) is 5.69 Å². The lowest BCUT2D eigenvalue weighted by Gasteiger charge is -2.13. The number of nitrogens with one attached hydrogen (secondary N) is 1. The Labute approximate surface area is 120 Å². The molecule has 0 aliphatic rings. The molecular weight excluding hydrogens is 378 g/mol. The Hall–Kier alpha value is -1.85. The van der Waals surface area contributed by atoms with Gasteiger partial charge in [0.15, 0.2) is 0 Å². The van der Waals surface area contributed by atoms with Crippen molar-refractivity contribution in [2.45, 2.75) is 12.4 Å². The first-order valence-corrected chi connectivity index (χ1v) is 5.56. The van der Waals surface area contributed by atoms with Crippen LogP contribution in [0.25, 0.3) is 0 Å². The van der Waals surface area contributed by atoms with Crippen LogP contribution in [0.4, 0.5) is 37.7 Å². The van der Waals surface area contributed by atoms with Crippen molar-refractivity contribution in [2.24, 2.45) is 0 Å². The van der Waals surface area contributed by atoms with Crippen LogP contribution in [0.2, 0.25) is 0 Å². The van der Waals surface area contributed by atoms with Crippen LogP contribution in [0, 0.1) is 10.1 Å². The van der Waals surface area contributed by atoms with E-state index in [1.54, 1.807) is 0 Å². The van der Waals surface area contributed by atoms with Crippen LogP contribution in [0.15, 0.2) is 16.6 Å². The minimum Gasteiger partial charge on any atom is -0.312 e. The largest absolute Gasteiger partial charge is 0.471 e. The Kier molecular flexibility index (Phi) is 4.51. The van der Waals surface area contributed by atoms with E-state index in [9.17, 15) is 41.3 Å². The van der Waals surface area contributed by atoms with Crippen LogP contribution >= 0.6 is 15.9 Å². The Morgan fingerprint density at radius 1 is 1.19 bits per heavy atom. The summed E-state index contributed by atoms with van der Waals surface area (Å²) in [5, 5.41) is 11.7. The van der Waals surface area contributed by atoms with Gasteiger partial charge in [0.1, 0.15) is 5.69 Å². The number of nitro benzene ring substituents is 1. The third kappa shape index (κ3) is 4.06. The molecule has 1 N–H and O–H groups in total. The highest BCUT2D eigenvalue weighted by molar-refractivity contribution is 9.10. The van der Waals surface area contributed by atoms with Gasteiger partial charge in [-0.05, 0) is 22.0 Å². The number of hydrogen-bond acceptors (Lipinski definition) is 3. The maximum atomic E-state index is 12.6. The second-order valence-electron chi connectivity index (χ2n) is 3.56. The fraction of sp³-hybridized carbons (Fsp3) is 0.222. The summed E-state index contributed by atoms with van der Waals surface area (Å²) >= 11 is 2.43. The van der Waals surface area contributed by atoms with Crippen LogP contribution in [-0.4, -0.2) is 17.0 Å². The molecule has 1 rings (SSSR count). The van der Waals surface area contributed by atoms with Crippen molar-refractivity contribution in [3.8, 4) is 0 Å². The Balaban J connectivity index is 3.41. The third-order valence-electron chi connectivity index (χ3n) is 2.09. The molecule has 0 heterocycles. The third-order valence-corrected chi connectivity index (χ3v) is 2.75. The van der Waals surface area contributed by atoms with Crippen LogP contribution in [0.3, 0.4) is 0 Å². The van der Waals surface area contributed by atoms with Crippen molar-refractivity contribution >= 4 is 33.2 Å². The summed E-state index contributed by atoms with van der Waals surface area (Å²) in [5.41, 5.74) is -3.80. The average Bonchev–Trinajstić information content (AvgIpc) is 2.27. The van der Waals surface area contributed by atoms with Gasteiger partial charge in [-0.25, -0.2) is 0 Å². The van der Waals surface area contributed by atoms with E-state index in [2.05, 4.69) is 15.9 Å². The molecule has 0 unspecified atom stereocenters. The van der Waals surface area contributed by atoms with Gasteiger partial charge < -0.3 is 5.32 Å². The van der Waals surface area contributed by atoms with Crippen LogP contribution < -0.4 is 5.32 Å². The Bertz CT molecular complexity index is 598. The van der Waals surface area contributed by atoms with E-state index < -0.39 is 44.6 Å². The molecule has 0 saturated heterocycles. The molecule has 0 atom stereocenters. The highest BCUT2D eigenvalue weighted by atomic mass is 79.9. The second-order valence-corrected chi connectivity index (χ2v) is 4.41. The SMILES string of the molecule is O=C(Nc1cc(C(F)(F)F)c(Br)cc1[N+](=O)[O-])C(F)(F)F. The molecule has 21 heavy (non-hydrogen) atoms. The predicted octanol–water partition coefficient (Wildman–Crippen LogP) is 3.88. The summed E-state index contributed by atoms with van der Waals surface area (Å²) in [6.07, 6.45) is -10.4. The number of hydrogen-bond donors (Lipinski definition) is 1. The summed E-state index contributed by atoms with van der Waals surface area (Å²) < 4.78 is 73.3. The van der Waals surface area contributed by atoms with Gasteiger partial charge in [0.05, 0.1) is 10.5 Å². The molecule has 5 nitrogen and oxygen atoms in total. The molecule has 0 aromatic heterocycles. The molecule has 0 bridgehead atoms.